The third kappa shape index (κ3) is 1.94. The number of benzene rings is 1. The Bertz CT molecular complexity index is 426. The molecule has 0 amide bonds. The maximum absolute atomic E-state index is 11.9. The Kier molecular flexibility index (Phi) is 2.58. The van der Waals surface area contributed by atoms with Crippen LogP contribution in [0.15, 0.2) is 29.8 Å². The van der Waals surface area contributed by atoms with Crippen LogP contribution in [0.3, 0.4) is 0 Å². The van der Waals surface area contributed by atoms with E-state index in [0.717, 1.165) is 23.3 Å². The molecule has 0 spiro atoms. The molecular weight excluding hydrogens is 188 g/mol. The number of carbonyl (C=O) groups is 1. The zero-order valence-electron chi connectivity index (χ0n) is 9.04. The molecule has 0 saturated carbocycles. The van der Waals surface area contributed by atoms with E-state index >= 15 is 0 Å². The lowest BCUT2D eigenvalue weighted by Crippen LogP contribution is -1.98. The lowest BCUT2D eigenvalue weighted by atomic mass is 10.0. The van der Waals surface area contributed by atoms with E-state index in [1.165, 1.54) is 0 Å². The molecule has 0 atom stereocenters. The second kappa shape index (κ2) is 3.89. The van der Waals surface area contributed by atoms with Gasteiger partial charge in [-0.05, 0) is 31.6 Å². The Hall–Kier alpha value is -1.57. The van der Waals surface area contributed by atoms with Crippen LogP contribution in [-0.2, 0) is 6.42 Å². The number of rotatable bonds is 2. The van der Waals surface area contributed by atoms with Crippen molar-refractivity contribution in [1.29, 1.82) is 0 Å². The van der Waals surface area contributed by atoms with Crippen LogP contribution in [0.5, 0.6) is 5.75 Å². The van der Waals surface area contributed by atoms with Gasteiger partial charge in [0.25, 0.3) is 0 Å². The largest absolute Gasteiger partial charge is 0.492 e. The van der Waals surface area contributed by atoms with Crippen molar-refractivity contribution in [3.63, 3.8) is 0 Å². The van der Waals surface area contributed by atoms with E-state index in [9.17, 15) is 4.79 Å². The second-order valence-electron chi connectivity index (χ2n) is 3.98. The molecule has 0 N–H and O–H groups in total. The van der Waals surface area contributed by atoms with Gasteiger partial charge >= 0.3 is 0 Å². The van der Waals surface area contributed by atoms with Crippen molar-refractivity contribution in [2.45, 2.75) is 20.3 Å². The van der Waals surface area contributed by atoms with E-state index in [1.807, 2.05) is 32.0 Å². The van der Waals surface area contributed by atoms with Gasteiger partial charge in [0.15, 0.2) is 5.78 Å². The van der Waals surface area contributed by atoms with Crippen molar-refractivity contribution in [3.05, 3.63) is 41.0 Å². The summed E-state index contributed by atoms with van der Waals surface area (Å²) < 4.78 is 5.48. The van der Waals surface area contributed by atoms with E-state index in [0.29, 0.717) is 12.2 Å². The van der Waals surface area contributed by atoms with Gasteiger partial charge in [0.05, 0.1) is 12.2 Å². The summed E-state index contributed by atoms with van der Waals surface area (Å²) in [5.74, 6) is 0.814. The van der Waals surface area contributed by atoms with Crippen molar-refractivity contribution in [2.24, 2.45) is 0 Å². The van der Waals surface area contributed by atoms with Gasteiger partial charge in [-0.25, -0.2) is 0 Å². The third-order valence-electron chi connectivity index (χ3n) is 2.40. The summed E-state index contributed by atoms with van der Waals surface area (Å²) in [5, 5.41) is 0. The SMILES string of the molecule is CC(C)=CC(=O)c1cccc2c1OCC2. The van der Waals surface area contributed by atoms with Gasteiger partial charge in [-0.2, -0.15) is 0 Å². The predicted molar refractivity (Wildman–Crippen MR) is 59.4 cm³/mol. The molecule has 0 aromatic heterocycles. The van der Waals surface area contributed by atoms with Gasteiger partial charge in [0.2, 0.25) is 0 Å². The highest BCUT2D eigenvalue weighted by Crippen LogP contribution is 2.29. The molecule has 2 rings (SSSR count). The van der Waals surface area contributed by atoms with E-state index in [-0.39, 0.29) is 5.78 Å². The van der Waals surface area contributed by atoms with Gasteiger partial charge in [-0.15, -0.1) is 0 Å². The fourth-order valence-corrected chi connectivity index (χ4v) is 1.75. The molecule has 2 heteroatoms. The minimum absolute atomic E-state index is 0.0359. The zero-order chi connectivity index (χ0) is 10.8. The monoisotopic (exact) mass is 202 g/mol. The van der Waals surface area contributed by atoms with E-state index < -0.39 is 0 Å². The number of allylic oxidation sites excluding steroid dienone is 2. The summed E-state index contributed by atoms with van der Waals surface area (Å²) in [5.41, 5.74) is 2.84. The number of para-hydroxylation sites is 1. The Morgan fingerprint density at radius 1 is 1.40 bits per heavy atom. The second-order valence-corrected chi connectivity index (χ2v) is 3.98. The Balaban J connectivity index is 2.41. The minimum atomic E-state index is 0.0359. The molecule has 0 radical (unpaired) electrons. The first-order valence-electron chi connectivity index (χ1n) is 5.12. The lowest BCUT2D eigenvalue weighted by Gasteiger charge is -2.04. The van der Waals surface area contributed by atoms with E-state index in [2.05, 4.69) is 0 Å². The zero-order valence-corrected chi connectivity index (χ0v) is 9.04. The van der Waals surface area contributed by atoms with Crippen LogP contribution >= 0.6 is 0 Å². The summed E-state index contributed by atoms with van der Waals surface area (Å²) in [6.07, 6.45) is 2.56. The molecule has 78 valence electrons. The standard InChI is InChI=1S/C13H14O2/c1-9(2)8-12(14)11-5-3-4-10-6-7-15-13(10)11/h3-5,8H,6-7H2,1-2H3. The number of hydrogen-bond donors (Lipinski definition) is 0. The smallest absolute Gasteiger partial charge is 0.189 e. The topological polar surface area (TPSA) is 26.3 Å². The average molecular weight is 202 g/mol. The van der Waals surface area contributed by atoms with Crippen molar-refractivity contribution < 1.29 is 9.53 Å². The molecule has 15 heavy (non-hydrogen) atoms. The Morgan fingerprint density at radius 3 is 2.93 bits per heavy atom. The number of fused-ring (bicyclic) bond motifs is 1. The molecule has 0 aliphatic carbocycles. The van der Waals surface area contributed by atoms with E-state index in [1.54, 1.807) is 6.08 Å². The van der Waals surface area contributed by atoms with Gasteiger partial charge < -0.3 is 4.74 Å². The molecular formula is C13H14O2. The Morgan fingerprint density at radius 2 is 2.20 bits per heavy atom. The van der Waals surface area contributed by atoms with Gasteiger partial charge in [-0.3, -0.25) is 4.79 Å². The van der Waals surface area contributed by atoms with Crippen molar-refractivity contribution in [3.8, 4) is 5.75 Å². The van der Waals surface area contributed by atoms with Crippen LogP contribution in [-0.4, -0.2) is 12.4 Å². The average Bonchev–Trinajstić information content (AvgIpc) is 2.63. The lowest BCUT2D eigenvalue weighted by molar-refractivity contribution is 0.104. The summed E-state index contributed by atoms with van der Waals surface area (Å²) in [6.45, 7) is 4.53. The molecule has 2 nitrogen and oxygen atoms in total. The number of hydrogen-bond acceptors (Lipinski definition) is 2. The molecule has 0 bridgehead atoms. The molecule has 1 aliphatic heterocycles. The summed E-state index contributed by atoms with van der Waals surface area (Å²) in [6, 6.07) is 5.76. The molecule has 1 heterocycles. The highest BCUT2D eigenvalue weighted by atomic mass is 16.5. The highest BCUT2D eigenvalue weighted by Gasteiger charge is 2.18. The Labute approximate surface area is 89.6 Å². The molecule has 0 fully saturated rings. The van der Waals surface area contributed by atoms with Gasteiger partial charge in [0.1, 0.15) is 5.75 Å². The first kappa shape index (κ1) is 9.97. The molecule has 1 aromatic carbocycles. The third-order valence-corrected chi connectivity index (χ3v) is 2.40. The fraction of sp³-hybridized carbons (Fsp3) is 0.308. The first-order valence-corrected chi connectivity index (χ1v) is 5.12. The van der Waals surface area contributed by atoms with Crippen molar-refractivity contribution in [1.82, 2.24) is 0 Å². The van der Waals surface area contributed by atoms with Crippen LogP contribution in [0.2, 0.25) is 0 Å². The van der Waals surface area contributed by atoms with Crippen LogP contribution in [0.25, 0.3) is 0 Å². The minimum Gasteiger partial charge on any atom is -0.492 e. The number of ketones is 1. The highest BCUT2D eigenvalue weighted by molar-refractivity contribution is 6.07. The van der Waals surface area contributed by atoms with Crippen LogP contribution in [0.4, 0.5) is 0 Å². The summed E-state index contributed by atoms with van der Waals surface area (Å²) in [4.78, 5) is 11.9. The van der Waals surface area contributed by atoms with Gasteiger partial charge in [-0.1, -0.05) is 17.7 Å². The fourth-order valence-electron chi connectivity index (χ4n) is 1.75. The summed E-state index contributed by atoms with van der Waals surface area (Å²) >= 11 is 0. The molecule has 0 saturated heterocycles. The maximum Gasteiger partial charge on any atom is 0.189 e. The quantitative estimate of drug-likeness (QED) is 0.544. The van der Waals surface area contributed by atoms with Crippen LogP contribution in [0, 0.1) is 0 Å². The molecule has 0 unspecified atom stereocenters. The van der Waals surface area contributed by atoms with Crippen LogP contribution in [0.1, 0.15) is 29.8 Å². The summed E-state index contributed by atoms with van der Waals surface area (Å²) in [7, 11) is 0. The van der Waals surface area contributed by atoms with Crippen molar-refractivity contribution in [2.75, 3.05) is 6.61 Å². The molecule has 1 aromatic rings. The van der Waals surface area contributed by atoms with Crippen molar-refractivity contribution >= 4 is 5.78 Å². The first-order chi connectivity index (χ1) is 7.18. The molecule has 1 aliphatic rings. The van der Waals surface area contributed by atoms with Crippen LogP contribution < -0.4 is 4.74 Å². The number of carbonyl (C=O) groups excluding carboxylic acids is 1. The maximum atomic E-state index is 11.9. The van der Waals surface area contributed by atoms with Gasteiger partial charge in [0, 0.05) is 6.42 Å². The normalized spacial score (nSPS) is 12.9. The van der Waals surface area contributed by atoms with E-state index in [4.69, 9.17) is 4.74 Å². The predicted octanol–water partition coefficient (Wildman–Crippen LogP) is 2.77. The number of ether oxygens (including phenoxy) is 1.